The van der Waals surface area contributed by atoms with Crippen molar-refractivity contribution in [2.24, 2.45) is 5.73 Å². The molecule has 0 bridgehead atoms. The van der Waals surface area contributed by atoms with Crippen LogP contribution in [-0.2, 0) is 6.42 Å². The zero-order chi connectivity index (χ0) is 13.6. The second kappa shape index (κ2) is 7.01. The first-order chi connectivity index (χ1) is 9.30. The largest absolute Gasteiger partial charge is 0.329 e. The molecule has 2 rings (SSSR count). The summed E-state index contributed by atoms with van der Waals surface area (Å²) in [5, 5.41) is 0. The molecule has 3 heteroatoms. The van der Waals surface area contributed by atoms with E-state index in [1.807, 2.05) is 18.5 Å². The van der Waals surface area contributed by atoms with E-state index in [1.165, 1.54) is 37.7 Å². The molecule has 2 N–H and O–H groups in total. The van der Waals surface area contributed by atoms with E-state index in [9.17, 15) is 0 Å². The topological polar surface area (TPSA) is 42.2 Å². The highest BCUT2D eigenvalue weighted by molar-refractivity contribution is 5.09. The van der Waals surface area contributed by atoms with Crippen molar-refractivity contribution < 1.29 is 0 Å². The van der Waals surface area contributed by atoms with Gasteiger partial charge in [-0.1, -0.05) is 25.8 Å². The minimum absolute atomic E-state index is 0.276. The van der Waals surface area contributed by atoms with Crippen molar-refractivity contribution in [3.8, 4) is 0 Å². The summed E-state index contributed by atoms with van der Waals surface area (Å²) < 4.78 is 0. The summed E-state index contributed by atoms with van der Waals surface area (Å²) in [6.45, 7) is 5.34. The van der Waals surface area contributed by atoms with E-state index < -0.39 is 0 Å². The minimum atomic E-state index is 0.276. The normalized spacial score (nSPS) is 18.1. The molecular weight excluding hydrogens is 234 g/mol. The van der Waals surface area contributed by atoms with Crippen LogP contribution in [0, 0.1) is 0 Å². The molecule has 106 valence electrons. The third-order valence-corrected chi connectivity index (χ3v) is 4.47. The van der Waals surface area contributed by atoms with Gasteiger partial charge in [0.1, 0.15) is 0 Å². The van der Waals surface area contributed by atoms with Crippen LogP contribution in [0.3, 0.4) is 0 Å². The summed E-state index contributed by atoms with van der Waals surface area (Å²) in [5.74, 6) is 0. The van der Waals surface area contributed by atoms with Crippen molar-refractivity contribution in [3.05, 3.63) is 30.1 Å². The molecule has 0 amide bonds. The Kier molecular flexibility index (Phi) is 5.34. The minimum Gasteiger partial charge on any atom is -0.329 e. The van der Waals surface area contributed by atoms with Crippen molar-refractivity contribution in [2.45, 2.75) is 51.0 Å². The van der Waals surface area contributed by atoms with Crippen LogP contribution in [0.25, 0.3) is 0 Å². The van der Waals surface area contributed by atoms with Crippen LogP contribution in [0.1, 0.15) is 44.6 Å². The number of nitrogens with two attached hydrogens (primary N) is 1. The fraction of sp³-hybridized carbons (Fsp3) is 0.688. The van der Waals surface area contributed by atoms with Gasteiger partial charge in [-0.25, -0.2) is 0 Å². The van der Waals surface area contributed by atoms with E-state index in [1.54, 1.807) is 0 Å². The second-order valence-electron chi connectivity index (χ2n) is 5.73. The summed E-state index contributed by atoms with van der Waals surface area (Å²) in [6.07, 6.45) is 11.3. The maximum absolute atomic E-state index is 6.11. The van der Waals surface area contributed by atoms with Gasteiger partial charge in [0, 0.05) is 31.0 Å². The van der Waals surface area contributed by atoms with Crippen LogP contribution >= 0.6 is 0 Å². The highest BCUT2D eigenvalue weighted by atomic mass is 15.2. The highest BCUT2D eigenvalue weighted by Gasteiger charge is 2.37. The molecule has 1 heterocycles. The zero-order valence-electron chi connectivity index (χ0n) is 12.1. The molecule has 0 atom stereocenters. The van der Waals surface area contributed by atoms with Crippen molar-refractivity contribution in [2.75, 3.05) is 19.6 Å². The second-order valence-corrected chi connectivity index (χ2v) is 5.73. The van der Waals surface area contributed by atoms with Crippen molar-refractivity contribution >= 4 is 0 Å². The number of rotatable bonds is 7. The molecule has 0 saturated heterocycles. The Bertz CT molecular complexity index is 358. The predicted octanol–water partition coefficient (Wildman–Crippen LogP) is 2.61. The lowest BCUT2D eigenvalue weighted by Gasteiger charge is -2.41. The summed E-state index contributed by atoms with van der Waals surface area (Å²) in [4.78, 5) is 6.85. The van der Waals surface area contributed by atoms with Crippen LogP contribution in [0.4, 0.5) is 0 Å². The Morgan fingerprint density at radius 3 is 2.68 bits per heavy atom. The molecule has 1 aliphatic rings. The smallest absolute Gasteiger partial charge is 0.0331 e. The van der Waals surface area contributed by atoms with Gasteiger partial charge in [-0.15, -0.1) is 0 Å². The van der Waals surface area contributed by atoms with Gasteiger partial charge in [-0.3, -0.25) is 9.88 Å². The van der Waals surface area contributed by atoms with E-state index in [-0.39, 0.29) is 5.54 Å². The number of hydrogen-bond donors (Lipinski definition) is 1. The van der Waals surface area contributed by atoms with Crippen LogP contribution in [0.2, 0.25) is 0 Å². The van der Waals surface area contributed by atoms with Crippen LogP contribution in [-0.4, -0.2) is 35.1 Å². The highest BCUT2D eigenvalue weighted by Crippen LogP contribution is 2.34. The summed E-state index contributed by atoms with van der Waals surface area (Å²) in [7, 11) is 0. The SMILES string of the molecule is CCCN(CCc1cccnc1)C1(CN)CCCC1. The first-order valence-electron chi connectivity index (χ1n) is 7.65. The molecule has 1 fully saturated rings. The van der Waals surface area contributed by atoms with Gasteiger partial charge < -0.3 is 5.73 Å². The quantitative estimate of drug-likeness (QED) is 0.820. The van der Waals surface area contributed by atoms with Crippen molar-refractivity contribution in [1.29, 1.82) is 0 Å². The average Bonchev–Trinajstić information content (AvgIpc) is 2.94. The Morgan fingerprint density at radius 2 is 2.11 bits per heavy atom. The molecule has 1 aromatic rings. The number of nitrogens with zero attached hydrogens (tertiary/aromatic N) is 2. The number of pyridine rings is 1. The number of hydrogen-bond acceptors (Lipinski definition) is 3. The standard InChI is InChI=1S/C16H27N3/c1-2-11-19(16(14-17)8-3-4-9-16)12-7-15-6-5-10-18-13-15/h5-6,10,13H,2-4,7-9,11-12,14,17H2,1H3. The molecule has 0 radical (unpaired) electrons. The van der Waals surface area contributed by atoms with Crippen molar-refractivity contribution in [3.63, 3.8) is 0 Å². The zero-order valence-corrected chi connectivity index (χ0v) is 12.1. The van der Waals surface area contributed by atoms with Gasteiger partial charge in [0.05, 0.1) is 0 Å². The molecule has 0 aliphatic heterocycles. The van der Waals surface area contributed by atoms with E-state index in [2.05, 4.69) is 22.9 Å². The molecule has 19 heavy (non-hydrogen) atoms. The van der Waals surface area contributed by atoms with E-state index in [4.69, 9.17) is 5.73 Å². The van der Waals surface area contributed by atoms with Gasteiger partial charge >= 0.3 is 0 Å². The monoisotopic (exact) mass is 261 g/mol. The molecule has 0 aromatic carbocycles. The van der Waals surface area contributed by atoms with Crippen molar-refractivity contribution in [1.82, 2.24) is 9.88 Å². The van der Waals surface area contributed by atoms with Gasteiger partial charge in [-0.2, -0.15) is 0 Å². The van der Waals surface area contributed by atoms with E-state index in [0.29, 0.717) is 0 Å². The Balaban J connectivity index is 1.99. The third kappa shape index (κ3) is 3.54. The maximum Gasteiger partial charge on any atom is 0.0331 e. The number of aromatic nitrogens is 1. The summed E-state index contributed by atoms with van der Waals surface area (Å²) >= 11 is 0. The summed E-state index contributed by atoms with van der Waals surface area (Å²) in [5.41, 5.74) is 7.72. The van der Waals surface area contributed by atoms with Gasteiger partial charge in [0.2, 0.25) is 0 Å². The van der Waals surface area contributed by atoms with E-state index >= 15 is 0 Å². The summed E-state index contributed by atoms with van der Waals surface area (Å²) in [6, 6.07) is 4.19. The Hall–Kier alpha value is -0.930. The first kappa shape index (κ1) is 14.5. The van der Waals surface area contributed by atoms with Gasteiger partial charge in [0.15, 0.2) is 0 Å². The fourth-order valence-corrected chi connectivity index (χ4v) is 3.35. The average molecular weight is 261 g/mol. The lowest BCUT2D eigenvalue weighted by atomic mass is 9.94. The van der Waals surface area contributed by atoms with Crippen LogP contribution < -0.4 is 5.73 Å². The van der Waals surface area contributed by atoms with Gasteiger partial charge in [0.25, 0.3) is 0 Å². The maximum atomic E-state index is 6.11. The third-order valence-electron chi connectivity index (χ3n) is 4.47. The molecule has 1 saturated carbocycles. The Labute approximate surface area is 117 Å². The molecule has 3 nitrogen and oxygen atoms in total. The Morgan fingerprint density at radius 1 is 1.32 bits per heavy atom. The predicted molar refractivity (Wildman–Crippen MR) is 80.1 cm³/mol. The van der Waals surface area contributed by atoms with Gasteiger partial charge in [-0.05, 0) is 43.9 Å². The fourth-order valence-electron chi connectivity index (χ4n) is 3.35. The first-order valence-corrected chi connectivity index (χ1v) is 7.65. The molecule has 1 aromatic heterocycles. The molecule has 0 unspecified atom stereocenters. The van der Waals surface area contributed by atoms with Crippen LogP contribution in [0.15, 0.2) is 24.5 Å². The van der Waals surface area contributed by atoms with Crippen LogP contribution in [0.5, 0.6) is 0 Å². The lowest BCUT2D eigenvalue weighted by Crippen LogP contribution is -2.53. The molecular formula is C16H27N3. The lowest BCUT2D eigenvalue weighted by molar-refractivity contribution is 0.1000. The molecule has 1 aliphatic carbocycles. The molecule has 0 spiro atoms. The van der Waals surface area contributed by atoms with E-state index in [0.717, 1.165) is 26.1 Å².